The highest BCUT2D eigenvalue weighted by Crippen LogP contribution is 2.21. The Morgan fingerprint density at radius 2 is 2.29 bits per heavy atom. The number of furan rings is 1. The Hall–Kier alpha value is -1.87. The number of aromatic nitrogens is 1. The van der Waals surface area contributed by atoms with E-state index in [1.54, 1.807) is 12.4 Å². The average Bonchev–Trinajstić information content (AvgIpc) is 2.85. The fraction of sp³-hybridized carbons (Fsp3) is 0.214. The van der Waals surface area contributed by atoms with E-state index in [2.05, 4.69) is 23.3 Å². The summed E-state index contributed by atoms with van der Waals surface area (Å²) < 4.78 is 5.70. The van der Waals surface area contributed by atoms with Crippen molar-refractivity contribution in [3.8, 4) is 11.3 Å². The highest BCUT2D eigenvalue weighted by Gasteiger charge is 2.01. The predicted octanol–water partition coefficient (Wildman–Crippen LogP) is 2.96. The number of hydrogen-bond donors (Lipinski definition) is 1. The third-order valence-corrected chi connectivity index (χ3v) is 2.37. The van der Waals surface area contributed by atoms with Gasteiger partial charge in [-0.25, -0.2) is 0 Å². The molecule has 2 aromatic heterocycles. The summed E-state index contributed by atoms with van der Waals surface area (Å²) in [6.07, 6.45) is 7.58. The molecule has 0 aliphatic carbocycles. The van der Waals surface area contributed by atoms with Gasteiger partial charge in [0.1, 0.15) is 11.5 Å². The molecule has 3 heteroatoms. The van der Waals surface area contributed by atoms with Crippen molar-refractivity contribution in [3.63, 3.8) is 0 Å². The third-order valence-electron chi connectivity index (χ3n) is 2.37. The van der Waals surface area contributed by atoms with Crippen LogP contribution in [-0.4, -0.2) is 18.1 Å². The van der Waals surface area contributed by atoms with Crippen molar-refractivity contribution < 1.29 is 4.42 Å². The summed E-state index contributed by atoms with van der Waals surface area (Å²) in [6.45, 7) is 3.92. The van der Waals surface area contributed by atoms with Gasteiger partial charge in [0.05, 0.1) is 0 Å². The van der Waals surface area contributed by atoms with E-state index in [4.69, 9.17) is 4.42 Å². The van der Waals surface area contributed by atoms with Crippen LogP contribution in [0.3, 0.4) is 0 Å². The monoisotopic (exact) mass is 228 g/mol. The van der Waals surface area contributed by atoms with Gasteiger partial charge in [0.25, 0.3) is 0 Å². The van der Waals surface area contributed by atoms with Gasteiger partial charge in [-0.3, -0.25) is 4.98 Å². The molecule has 88 valence electrons. The second kappa shape index (κ2) is 6.01. The average molecular weight is 228 g/mol. The zero-order valence-electron chi connectivity index (χ0n) is 9.89. The molecule has 0 amide bonds. The Kier molecular flexibility index (Phi) is 4.11. The summed E-state index contributed by atoms with van der Waals surface area (Å²) in [5.74, 6) is 1.71. The van der Waals surface area contributed by atoms with Gasteiger partial charge in [0.15, 0.2) is 0 Å². The zero-order valence-corrected chi connectivity index (χ0v) is 9.89. The minimum atomic E-state index is 0.848. The third kappa shape index (κ3) is 3.29. The second-order valence-corrected chi connectivity index (χ2v) is 3.65. The van der Waals surface area contributed by atoms with Gasteiger partial charge in [-0.2, -0.15) is 0 Å². The largest absolute Gasteiger partial charge is 0.457 e. The van der Waals surface area contributed by atoms with Crippen LogP contribution >= 0.6 is 0 Å². The summed E-state index contributed by atoms with van der Waals surface area (Å²) >= 11 is 0. The molecule has 0 bridgehead atoms. The molecule has 0 spiro atoms. The molecule has 0 aliphatic rings. The maximum atomic E-state index is 5.70. The Labute approximate surface area is 101 Å². The molecule has 1 N–H and O–H groups in total. The van der Waals surface area contributed by atoms with Crippen molar-refractivity contribution in [2.24, 2.45) is 0 Å². The van der Waals surface area contributed by atoms with Gasteiger partial charge < -0.3 is 9.73 Å². The second-order valence-electron chi connectivity index (χ2n) is 3.65. The Bertz CT molecular complexity index is 474. The van der Waals surface area contributed by atoms with Crippen LogP contribution in [0.2, 0.25) is 0 Å². The first-order valence-electron chi connectivity index (χ1n) is 5.77. The first-order chi connectivity index (χ1) is 8.40. The first kappa shape index (κ1) is 11.6. The molecule has 2 heterocycles. The van der Waals surface area contributed by atoms with Gasteiger partial charge in [0.2, 0.25) is 0 Å². The molecule has 0 atom stereocenters. The van der Waals surface area contributed by atoms with E-state index in [1.807, 2.05) is 30.3 Å². The zero-order chi connectivity index (χ0) is 11.9. The van der Waals surface area contributed by atoms with Gasteiger partial charge >= 0.3 is 0 Å². The van der Waals surface area contributed by atoms with Gasteiger partial charge in [-0.1, -0.05) is 13.0 Å². The fourth-order valence-electron chi connectivity index (χ4n) is 1.51. The Balaban J connectivity index is 2.04. The quantitative estimate of drug-likeness (QED) is 0.799. The molecule has 2 aromatic rings. The van der Waals surface area contributed by atoms with E-state index < -0.39 is 0 Å². The highest BCUT2D eigenvalue weighted by atomic mass is 16.3. The number of nitrogens with one attached hydrogen (secondary N) is 1. The molecule has 0 unspecified atom stereocenters. The smallest absolute Gasteiger partial charge is 0.136 e. The van der Waals surface area contributed by atoms with Crippen molar-refractivity contribution in [2.75, 3.05) is 13.1 Å². The molecule has 17 heavy (non-hydrogen) atoms. The maximum Gasteiger partial charge on any atom is 0.136 e. The Morgan fingerprint density at radius 3 is 3.06 bits per heavy atom. The molecule has 0 saturated heterocycles. The number of pyridine rings is 1. The summed E-state index contributed by atoms with van der Waals surface area (Å²) in [5, 5.41) is 3.22. The van der Waals surface area contributed by atoms with Gasteiger partial charge in [-0.05, 0) is 36.9 Å². The lowest BCUT2D eigenvalue weighted by molar-refractivity contribution is 0.571. The van der Waals surface area contributed by atoms with Crippen LogP contribution in [0.1, 0.15) is 12.7 Å². The minimum Gasteiger partial charge on any atom is -0.457 e. The minimum absolute atomic E-state index is 0.848. The van der Waals surface area contributed by atoms with Crippen molar-refractivity contribution in [2.45, 2.75) is 6.92 Å². The molecule has 2 rings (SSSR count). The summed E-state index contributed by atoms with van der Waals surface area (Å²) in [5.41, 5.74) is 0.999. The van der Waals surface area contributed by atoms with Crippen LogP contribution in [0.5, 0.6) is 0 Å². The molecular weight excluding hydrogens is 212 g/mol. The number of likely N-dealkylation sites (N-methyl/N-ethyl adjacent to an activating group) is 1. The topological polar surface area (TPSA) is 38.1 Å². The highest BCUT2D eigenvalue weighted by molar-refractivity contribution is 5.58. The van der Waals surface area contributed by atoms with Gasteiger partial charge in [0, 0.05) is 24.5 Å². The van der Waals surface area contributed by atoms with Crippen LogP contribution in [0.4, 0.5) is 0 Å². The summed E-state index contributed by atoms with van der Waals surface area (Å²) in [7, 11) is 0. The van der Waals surface area contributed by atoms with E-state index in [1.165, 1.54) is 0 Å². The van der Waals surface area contributed by atoms with E-state index in [0.717, 1.165) is 30.2 Å². The molecule has 0 saturated carbocycles. The molecule has 0 fully saturated rings. The molecular formula is C14H16N2O. The number of hydrogen-bond acceptors (Lipinski definition) is 3. The first-order valence-corrected chi connectivity index (χ1v) is 5.77. The molecule has 0 aromatic carbocycles. The molecule has 0 radical (unpaired) electrons. The van der Waals surface area contributed by atoms with E-state index in [-0.39, 0.29) is 0 Å². The number of rotatable bonds is 5. The lowest BCUT2D eigenvalue weighted by Gasteiger charge is -1.94. The van der Waals surface area contributed by atoms with E-state index in [9.17, 15) is 0 Å². The lowest BCUT2D eigenvalue weighted by Crippen LogP contribution is -2.11. The normalized spacial score (nSPS) is 11.1. The SMILES string of the molecule is CCNCC=Cc1ccc(-c2cccnc2)o1. The molecule has 0 aliphatic heterocycles. The standard InChI is InChI=1S/C14H16N2O/c1-2-15-9-4-6-13-7-8-14(17-13)12-5-3-10-16-11-12/h3-8,10-11,15H,2,9H2,1H3. The molecule has 3 nitrogen and oxygen atoms in total. The van der Waals surface area contributed by atoms with Crippen LogP contribution in [0, 0.1) is 0 Å². The van der Waals surface area contributed by atoms with Crippen molar-refractivity contribution in [3.05, 3.63) is 48.5 Å². The van der Waals surface area contributed by atoms with Crippen molar-refractivity contribution in [1.29, 1.82) is 0 Å². The summed E-state index contributed by atoms with van der Waals surface area (Å²) in [6, 6.07) is 7.81. The number of nitrogens with zero attached hydrogens (tertiary/aromatic N) is 1. The Morgan fingerprint density at radius 1 is 1.35 bits per heavy atom. The fourth-order valence-corrected chi connectivity index (χ4v) is 1.51. The lowest BCUT2D eigenvalue weighted by atomic mass is 10.2. The summed E-state index contributed by atoms with van der Waals surface area (Å²) in [4.78, 5) is 4.07. The van der Waals surface area contributed by atoms with Crippen LogP contribution in [-0.2, 0) is 0 Å². The van der Waals surface area contributed by atoms with Crippen molar-refractivity contribution in [1.82, 2.24) is 10.3 Å². The van der Waals surface area contributed by atoms with E-state index >= 15 is 0 Å². The van der Waals surface area contributed by atoms with Crippen LogP contribution in [0.15, 0.2) is 47.2 Å². The predicted molar refractivity (Wildman–Crippen MR) is 69.5 cm³/mol. The van der Waals surface area contributed by atoms with Gasteiger partial charge in [-0.15, -0.1) is 0 Å². The maximum absolute atomic E-state index is 5.70. The van der Waals surface area contributed by atoms with Crippen molar-refractivity contribution >= 4 is 6.08 Å². The van der Waals surface area contributed by atoms with Crippen LogP contribution < -0.4 is 5.32 Å². The van der Waals surface area contributed by atoms with Crippen LogP contribution in [0.25, 0.3) is 17.4 Å². The van der Waals surface area contributed by atoms with E-state index in [0.29, 0.717) is 0 Å².